The van der Waals surface area contributed by atoms with Crippen LogP contribution in [0, 0.1) is 0 Å². The zero-order valence-corrected chi connectivity index (χ0v) is 20.0. The topological polar surface area (TPSA) is 103 Å². The lowest BCUT2D eigenvalue weighted by molar-refractivity contribution is 0.0605. The van der Waals surface area contributed by atoms with Gasteiger partial charge in [-0.15, -0.1) is 5.10 Å². The van der Waals surface area contributed by atoms with Crippen molar-refractivity contribution in [2.24, 2.45) is 0 Å². The zero-order valence-electron chi connectivity index (χ0n) is 19.3. The second-order valence-corrected chi connectivity index (χ2v) is 9.01. The summed E-state index contributed by atoms with van der Waals surface area (Å²) in [5.41, 5.74) is 1.93. The maximum absolute atomic E-state index is 13.4. The predicted octanol–water partition coefficient (Wildman–Crippen LogP) is 3.45. The molecule has 3 aromatic rings. The fraction of sp³-hybridized carbons (Fsp3) is 0.333. The largest absolute Gasteiger partial charge is 0.484 e. The number of nitrogens with one attached hydrogen (secondary N) is 2. The van der Waals surface area contributed by atoms with Crippen molar-refractivity contribution in [3.63, 3.8) is 0 Å². The van der Waals surface area contributed by atoms with Crippen LogP contribution in [0.4, 0.5) is 5.69 Å². The van der Waals surface area contributed by atoms with Crippen LogP contribution in [0.5, 0.6) is 5.75 Å². The third-order valence-corrected chi connectivity index (χ3v) is 5.81. The average Bonchev–Trinajstić information content (AvgIpc) is 3.30. The molecule has 9 nitrogen and oxygen atoms in total. The molecule has 0 radical (unpaired) electrons. The van der Waals surface area contributed by atoms with E-state index in [1.165, 1.54) is 6.33 Å². The van der Waals surface area contributed by atoms with Crippen molar-refractivity contribution in [2.75, 3.05) is 25.5 Å². The van der Waals surface area contributed by atoms with E-state index in [-0.39, 0.29) is 23.9 Å². The number of anilines is 1. The van der Waals surface area contributed by atoms with Crippen LogP contribution in [0.25, 0.3) is 0 Å². The Bertz CT molecular complexity index is 1150. The maximum Gasteiger partial charge on any atom is 0.295 e. The number of aromatic amines is 1. The number of hydrogen-bond donors (Lipinski definition) is 2. The van der Waals surface area contributed by atoms with Crippen LogP contribution in [0.1, 0.15) is 40.4 Å². The van der Waals surface area contributed by atoms with Crippen molar-refractivity contribution in [2.45, 2.75) is 32.5 Å². The molecule has 0 saturated carbocycles. The number of benzene rings is 2. The number of para-hydroxylation sites is 1. The van der Waals surface area contributed by atoms with Crippen molar-refractivity contribution in [1.82, 2.24) is 25.0 Å². The van der Waals surface area contributed by atoms with Crippen LogP contribution < -0.4 is 10.1 Å². The number of carbonyl (C=O) groups excluding carboxylic acids is 2. The molecular weight excluding hydrogens is 456 g/mol. The van der Waals surface area contributed by atoms with Crippen molar-refractivity contribution < 1.29 is 14.3 Å². The minimum Gasteiger partial charge on any atom is -0.484 e. The molecular formula is C24H27ClN6O3. The molecule has 0 unspecified atom stereocenters. The summed E-state index contributed by atoms with van der Waals surface area (Å²) in [5.74, 6) is -0.279. The Balaban J connectivity index is 1.59. The predicted molar refractivity (Wildman–Crippen MR) is 129 cm³/mol. The summed E-state index contributed by atoms with van der Waals surface area (Å²) < 4.78 is 6.40. The Hall–Kier alpha value is -3.43. The van der Waals surface area contributed by atoms with E-state index in [1.54, 1.807) is 23.1 Å². The first-order valence-electron chi connectivity index (χ1n) is 11.0. The molecule has 0 aliphatic carbocycles. The van der Waals surface area contributed by atoms with Crippen LogP contribution in [0.3, 0.4) is 0 Å². The van der Waals surface area contributed by atoms with Gasteiger partial charge in [0.05, 0.1) is 17.8 Å². The van der Waals surface area contributed by atoms with Gasteiger partial charge in [-0.2, -0.15) is 0 Å². The Morgan fingerprint density at radius 2 is 2.06 bits per heavy atom. The van der Waals surface area contributed by atoms with Gasteiger partial charge >= 0.3 is 0 Å². The summed E-state index contributed by atoms with van der Waals surface area (Å²) in [5, 5.41) is 9.81. The van der Waals surface area contributed by atoms with Crippen molar-refractivity contribution in [3.8, 4) is 5.75 Å². The van der Waals surface area contributed by atoms with Gasteiger partial charge < -0.3 is 15.0 Å². The number of rotatable bonds is 7. The van der Waals surface area contributed by atoms with Gasteiger partial charge in [-0.3, -0.25) is 19.6 Å². The molecule has 2 heterocycles. The first-order chi connectivity index (χ1) is 16.3. The van der Waals surface area contributed by atoms with E-state index < -0.39 is 5.91 Å². The van der Waals surface area contributed by atoms with Crippen LogP contribution >= 0.6 is 11.6 Å². The van der Waals surface area contributed by atoms with E-state index >= 15 is 0 Å². The molecule has 34 heavy (non-hydrogen) atoms. The van der Waals surface area contributed by atoms with E-state index in [0.29, 0.717) is 41.7 Å². The van der Waals surface area contributed by atoms with E-state index in [1.807, 2.05) is 45.2 Å². The summed E-state index contributed by atoms with van der Waals surface area (Å²) >= 11 is 6.00. The van der Waals surface area contributed by atoms with Gasteiger partial charge in [-0.05, 0) is 50.7 Å². The number of hydrogen-bond acceptors (Lipinski definition) is 6. The normalized spacial score (nSPS) is 15.8. The molecule has 1 aliphatic rings. The monoisotopic (exact) mass is 482 g/mol. The standard InChI is InChI=1S/C24H27ClN6O3/c1-15(2)31-13-18(12-30(3)11-16-7-9-17(25)10-8-16)34-21-19(24(31)33)5-4-6-20(21)28-23(32)22-26-14-27-29-22/h4-10,14-15,18H,11-13H2,1-3H3,(H,28,32)(H,26,27,29)/t18-/m1/s1. The Morgan fingerprint density at radius 1 is 1.29 bits per heavy atom. The second-order valence-electron chi connectivity index (χ2n) is 8.57. The third kappa shape index (κ3) is 5.37. The highest BCUT2D eigenvalue weighted by atomic mass is 35.5. The fourth-order valence-electron chi connectivity index (χ4n) is 3.94. The first-order valence-corrected chi connectivity index (χ1v) is 11.4. The van der Waals surface area contributed by atoms with Crippen LogP contribution in [0.15, 0.2) is 48.8 Å². The molecule has 2 amide bonds. The first kappa shape index (κ1) is 23.7. The Morgan fingerprint density at radius 3 is 2.74 bits per heavy atom. The zero-order chi connectivity index (χ0) is 24.2. The maximum atomic E-state index is 13.4. The molecule has 4 rings (SSSR count). The molecule has 1 aliphatic heterocycles. The quantitative estimate of drug-likeness (QED) is 0.534. The van der Waals surface area contributed by atoms with E-state index in [0.717, 1.165) is 5.56 Å². The van der Waals surface area contributed by atoms with Gasteiger partial charge in [-0.25, -0.2) is 4.98 Å². The molecule has 178 valence electrons. The average molecular weight is 483 g/mol. The number of nitrogens with zero attached hydrogens (tertiary/aromatic N) is 4. The molecule has 0 fully saturated rings. The smallest absolute Gasteiger partial charge is 0.295 e. The lowest BCUT2D eigenvalue weighted by Crippen LogP contribution is -2.45. The molecule has 2 aromatic carbocycles. The molecule has 0 spiro atoms. The van der Waals surface area contributed by atoms with Crippen molar-refractivity contribution in [1.29, 1.82) is 0 Å². The third-order valence-electron chi connectivity index (χ3n) is 5.56. The summed E-state index contributed by atoms with van der Waals surface area (Å²) in [6.07, 6.45) is 1.01. The van der Waals surface area contributed by atoms with Crippen molar-refractivity contribution in [3.05, 3.63) is 70.8 Å². The number of halogens is 1. The molecule has 1 atom stereocenters. The molecule has 2 N–H and O–H groups in total. The van der Waals surface area contributed by atoms with Gasteiger partial charge in [0.1, 0.15) is 12.4 Å². The van der Waals surface area contributed by atoms with Crippen molar-refractivity contribution >= 4 is 29.1 Å². The fourth-order valence-corrected chi connectivity index (χ4v) is 4.07. The van der Waals surface area contributed by atoms with Gasteiger partial charge in [0.15, 0.2) is 5.75 Å². The van der Waals surface area contributed by atoms with Gasteiger partial charge in [0, 0.05) is 24.2 Å². The summed E-state index contributed by atoms with van der Waals surface area (Å²) in [6, 6.07) is 12.8. The van der Waals surface area contributed by atoms with Crippen LogP contribution in [0.2, 0.25) is 5.02 Å². The Labute approximate surface area is 203 Å². The van der Waals surface area contributed by atoms with Gasteiger partial charge in [0.2, 0.25) is 5.82 Å². The van der Waals surface area contributed by atoms with E-state index in [2.05, 4.69) is 25.4 Å². The Kier molecular flexibility index (Phi) is 7.14. The van der Waals surface area contributed by atoms with Gasteiger partial charge in [0.25, 0.3) is 11.8 Å². The minimum absolute atomic E-state index is 0.000561. The molecule has 1 aromatic heterocycles. The summed E-state index contributed by atoms with van der Waals surface area (Å²) in [4.78, 5) is 33.8. The van der Waals surface area contributed by atoms with Crippen LogP contribution in [-0.2, 0) is 6.54 Å². The summed E-state index contributed by atoms with van der Waals surface area (Å²) in [6.45, 7) is 5.65. The summed E-state index contributed by atoms with van der Waals surface area (Å²) in [7, 11) is 2.00. The highest BCUT2D eigenvalue weighted by Gasteiger charge is 2.33. The number of likely N-dealkylation sites (N-methyl/N-ethyl adjacent to an activating group) is 1. The van der Waals surface area contributed by atoms with Crippen LogP contribution in [-0.4, -0.2) is 69.1 Å². The van der Waals surface area contributed by atoms with E-state index in [9.17, 15) is 9.59 Å². The van der Waals surface area contributed by atoms with E-state index in [4.69, 9.17) is 16.3 Å². The van der Waals surface area contributed by atoms with Gasteiger partial charge in [-0.1, -0.05) is 29.8 Å². The molecule has 0 saturated heterocycles. The second kappa shape index (κ2) is 10.2. The number of carbonyl (C=O) groups is 2. The highest BCUT2D eigenvalue weighted by Crippen LogP contribution is 2.34. The minimum atomic E-state index is -0.493. The molecule has 10 heteroatoms. The molecule has 0 bridgehead atoms. The lowest BCUT2D eigenvalue weighted by Gasteiger charge is -2.30. The number of ether oxygens (including phenoxy) is 1. The number of fused-ring (bicyclic) bond motifs is 1. The number of amides is 2. The highest BCUT2D eigenvalue weighted by molar-refractivity contribution is 6.30. The lowest BCUT2D eigenvalue weighted by atomic mass is 10.1. The number of aromatic nitrogens is 3. The number of H-pyrrole nitrogens is 1. The SMILES string of the molecule is CC(C)N1C[C@@H](CN(C)Cc2ccc(Cl)cc2)Oc2c(NC(=O)c3nc[nH]n3)cccc2C1=O.